The van der Waals surface area contributed by atoms with E-state index in [9.17, 15) is 4.79 Å². The lowest BCUT2D eigenvalue weighted by Gasteiger charge is -2.19. The minimum atomic E-state index is -0.311. The van der Waals surface area contributed by atoms with E-state index in [0.717, 1.165) is 18.6 Å². The molecule has 2 N–H and O–H groups in total. The highest BCUT2D eigenvalue weighted by atomic mass is 16.5. The Morgan fingerprint density at radius 3 is 2.45 bits per heavy atom. The lowest BCUT2D eigenvalue weighted by molar-refractivity contribution is 0.0936. The molecule has 0 aliphatic carbocycles. The van der Waals surface area contributed by atoms with E-state index in [1.165, 1.54) is 0 Å². The highest BCUT2D eigenvalue weighted by Crippen LogP contribution is 2.14. The van der Waals surface area contributed by atoms with Crippen LogP contribution in [0.2, 0.25) is 0 Å². The Kier molecular flexibility index (Phi) is 7.26. The Morgan fingerprint density at radius 1 is 1.30 bits per heavy atom. The second-order valence-corrected chi connectivity index (χ2v) is 4.91. The number of aliphatic hydroxyl groups excluding tert-OH is 1. The maximum absolute atomic E-state index is 12.3. The van der Waals surface area contributed by atoms with Gasteiger partial charge in [0, 0.05) is 11.6 Å². The van der Waals surface area contributed by atoms with Gasteiger partial charge in [0.1, 0.15) is 5.75 Å². The molecule has 0 amide bonds. The van der Waals surface area contributed by atoms with Crippen LogP contribution in [0, 0.1) is 0 Å². The number of carbonyl (C=O) groups is 1. The topological polar surface area (TPSA) is 58.6 Å². The van der Waals surface area contributed by atoms with Crippen LogP contribution < -0.4 is 10.1 Å². The van der Waals surface area contributed by atoms with Gasteiger partial charge in [-0.25, -0.2) is 0 Å². The molecule has 0 aromatic heterocycles. The summed E-state index contributed by atoms with van der Waals surface area (Å²) in [6.07, 6.45) is 1.75. The van der Waals surface area contributed by atoms with Crippen LogP contribution in [-0.2, 0) is 0 Å². The van der Waals surface area contributed by atoms with E-state index in [2.05, 4.69) is 12.2 Å². The van der Waals surface area contributed by atoms with Crippen molar-refractivity contribution in [2.45, 2.75) is 45.7 Å². The number of Topliss-reactive ketones (excluding diaryl/α,β-unsaturated/α-hetero) is 1. The van der Waals surface area contributed by atoms with Gasteiger partial charge in [-0.05, 0) is 44.0 Å². The number of ether oxygens (including phenoxy) is 1. The van der Waals surface area contributed by atoms with E-state index in [0.29, 0.717) is 12.2 Å². The third kappa shape index (κ3) is 4.94. The fraction of sp³-hybridized carbons (Fsp3) is 0.562. The second-order valence-electron chi connectivity index (χ2n) is 4.91. The fourth-order valence-electron chi connectivity index (χ4n) is 1.91. The number of hydrogen-bond acceptors (Lipinski definition) is 4. The zero-order valence-corrected chi connectivity index (χ0v) is 12.6. The van der Waals surface area contributed by atoms with Crippen molar-refractivity contribution in [3.05, 3.63) is 29.8 Å². The normalized spacial score (nSPS) is 13.8. The number of carbonyl (C=O) groups excluding carboxylic acids is 1. The van der Waals surface area contributed by atoms with Crippen molar-refractivity contribution in [3.8, 4) is 5.75 Å². The second kappa shape index (κ2) is 8.72. The molecule has 1 aromatic carbocycles. The molecule has 4 nitrogen and oxygen atoms in total. The SMILES string of the molecule is CCCOc1ccc(C(=O)C(C)NC(CC)CO)cc1. The van der Waals surface area contributed by atoms with Crippen molar-refractivity contribution >= 4 is 5.78 Å². The molecule has 4 heteroatoms. The molecule has 0 aliphatic rings. The summed E-state index contributed by atoms with van der Waals surface area (Å²) in [4.78, 5) is 12.3. The predicted molar refractivity (Wildman–Crippen MR) is 80.3 cm³/mol. The van der Waals surface area contributed by atoms with Crippen molar-refractivity contribution in [2.24, 2.45) is 0 Å². The Labute approximate surface area is 121 Å². The molecule has 0 aliphatic heterocycles. The molecule has 0 fully saturated rings. The summed E-state index contributed by atoms with van der Waals surface area (Å²) < 4.78 is 5.49. The van der Waals surface area contributed by atoms with E-state index in [4.69, 9.17) is 9.84 Å². The molecule has 112 valence electrons. The van der Waals surface area contributed by atoms with Gasteiger partial charge in [-0.1, -0.05) is 13.8 Å². The van der Waals surface area contributed by atoms with E-state index in [1.54, 1.807) is 12.1 Å². The van der Waals surface area contributed by atoms with Crippen LogP contribution in [0.3, 0.4) is 0 Å². The monoisotopic (exact) mass is 279 g/mol. The van der Waals surface area contributed by atoms with Crippen molar-refractivity contribution in [3.63, 3.8) is 0 Å². The first-order valence-electron chi connectivity index (χ1n) is 7.26. The quantitative estimate of drug-likeness (QED) is 0.682. The molecule has 0 saturated heterocycles. The molecule has 2 unspecified atom stereocenters. The lowest BCUT2D eigenvalue weighted by Crippen LogP contribution is -2.42. The van der Waals surface area contributed by atoms with Crippen LogP contribution in [0.1, 0.15) is 44.0 Å². The molecule has 0 bridgehead atoms. The van der Waals surface area contributed by atoms with Crippen molar-refractivity contribution in [1.82, 2.24) is 5.32 Å². The zero-order chi connectivity index (χ0) is 15.0. The summed E-state index contributed by atoms with van der Waals surface area (Å²) in [6.45, 7) is 6.57. The fourth-order valence-corrected chi connectivity index (χ4v) is 1.91. The first kappa shape index (κ1) is 16.7. The maximum atomic E-state index is 12.3. The molecular formula is C16H25NO3. The van der Waals surface area contributed by atoms with E-state index >= 15 is 0 Å². The average Bonchev–Trinajstić information content (AvgIpc) is 2.50. The third-order valence-corrected chi connectivity index (χ3v) is 3.20. The van der Waals surface area contributed by atoms with Gasteiger partial charge in [0.25, 0.3) is 0 Å². The lowest BCUT2D eigenvalue weighted by atomic mass is 10.0. The summed E-state index contributed by atoms with van der Waals surface area (Å²) in [5.41, 5.74) is 0.654. The van der Waals surface area contributed by atoms with Gasteiger partial charge < -0.3 is 15.2 Å². The summed E-state index contributed by atoms with van der Waals surface area (Å²) in [5.74, 6) is 0.810. The highest BCUT2D eigenvalue weighted by Gasteiger charge is 2.17. The van der Waals surface area contributed by atoms with Crippen LogP contribution in [0.4, 0.5) is 0 Å². The summed E-state index contributed by atoms with van der Waals surface area (Å²) in [5, 5.41) is 12.3. The molecule has 0 heterocycles. The molecule has 2 atom stereocenters. The maximum Gasteiger partial charge on any atom is 0.179 e. The van der Waals surface area contributed by atoms with Gasteiger partial charge in [0.2, 0.25) is 0 Å². The standard InChI is InChI=1S/C16H25NO3/c1-4-10-20-15-8-6-13(7-9-15)16(19)12(3)17-14(5-2)11-18/h6-9,12,14,17-18H,4-5,10-11H2,1-3H3. The number of aliphatic hydroxyl groups is 1. The molecule has 1 aromatic rings. The largest absolute Gasteiger partial charge is 0.494 e. The summed E-state index contributed by atoms with van der Waals surface area (Å²) >= 11 is 0. The smallest absolute Gasteiger partial charge is 0.179 e. The van der Waals surface area contributed by atoms with Crippen molar-refractivity contribution < 1.29 is 14.6 Å². The minimum Gasteiger partial charge on any atom is -0.494 e. The predicted octanol–water partition coefficient (Wildman–Crippen LogP) is 2.41. The average molecular weight is 279 g/mol. The molecule has 0 radical (unpaired) electrons. The Balaban J connectivity index is 2.62. The Hall–Kier alpha value is -1.39. The molecular weight excluding hydrogens is 254 g/mol. The van der Waals surface area contributed by atoms with Crippen LogP contribution in [0.25, 0.3) is 0 Å². The van der Waals surface area contributed by atoms with Crippen LogP contribution >= 0.6 is 0 Å². The molecule has 0 saturated carbocycles. The highest BCUT2D eigenvalue weighted by molar-refractivity contribution is 5.99. The zero-order valence-electron chi connectivity index (χ0n) is 12.6. The number of ketones is 1. The van der Waals surface area contributed by atoms with Crippen LogP contribution in [0.15, 0.2) is 24.3 Å². The van der Waals surface area contributed by atoms with Gasteiger partial charge in [-0.3, -0.25) is 4.79 Å². The Bertz CT molecular complexity index is 399. The summed E-state index contributed by atoms with van der Waals surface area (Å²) in [7, 11) is 0. The summed E-state index contributed by atoms with van der Waals surface area (Å²) in [6, 6.07) is 6.85. The van der Waals surface area contributed by atoms with E-state index in [1.807, 2.05) is 26.0 Å². The van der Waals surface area contributed by atoms with Gasteiger partial charge in [-0.15, -0.1) is 0 Å². The number of hydrogen-bond donors (Lipinski definition) is 2. The van der Waals surface area contributed by atoms with Crippen molar-refractivity contribution in [1.29, 1.82) is 0 Å². The minimum absolute atomic E-state index is 0.0268. The Morgan fingerprint density at radius 2 is 1.95 bits per heavy atom. The van der Waals surface area contributed by atoms with Crippen molar-refractivity contribution in [2.75, 3.05) is 13.2 Å². The molecule has 20 heavy (non-hydrogen) atoms. The molecule has 1 rings (SSSR count). The van der Waals surface area contributed by atoms with Gasteiger partial charge in [0.15, 0.2) is 5.78 Å². The number of nitrogens with one attached hydrogen (secondary N) is 1. The van der Waals surface area contributed by atoms with Gasteiger partial charge in [-0.2, -0.15) is 0 Å². The first-order valence-corrected chi connectivity index (χ1v) is 7.26. The number of benzene rings is 1. The van der Waals surface area contributed by atoms with Gasteiger partial charge >= 0.3 is 0 Å². The number of rotatable bonds is 9. The van der Waals surface area contributed by atoms with E-state index in [-0.39, 0.29) is 24.5 Å². The van der Waals surface area contributed by atoms with E-state index < -0.39 is 0 Å². The van der Waals surface area contributed by atoms with Gasteiger partial charge in [0.05, 0.1) is 19.3 Å². The van der Waals surface area contributed by atoms with Crippen LogP contribution in [0.5, 0.6) is 5.75 Å². The molecule has 0 spiro atoms. The van der Waals surface area contributed by atoms with Crippen LogP contribution in [-0.4, -0.2) is 36.2 Å². The third-order valence-electron chi connectivity index (χ3n) is 3.20. The first-order chi connectivity index (χ1) is 9.62.